The van der Waals surface area contributed by atoms with Crippen molar-refractivity contribution in [2.45, 2.75) is 12.2 Å². The summed E-state index contributed by atoms with van der Waals surface area (Å²) in [5, 5.41) is -4.93. The van der Waals surface area contributed by atoms with Gasteiger partial charge in [-0.1, -0.05) is 6.92 Å². The predicted octanol–water partition coefficient (Wildman–Crippen LogP) is 0.516. The van der Waals surface area contributed by atoms with Crippen LogP contribution in [0.2, 0.25) is 0 Å². The van der Waals surface area contributed by atoms with Gasteiger partial charge in [0, 0.05) is 0 Å². The van der Waals surface area contributed by atoms with Gasteiger partial charge in [0.05, 0.1) is 0 Å². The minimum absolute atomic E-state index is 0. The van der Waals surface area contributed by atoms with Crippen LogP contribution in [0.3, 0.4) is 0 Å². The summed E-state index contributed by atoms with van der Waals surface area (Å²) in [6.45, 7) is 7.07. The van der Waals surface area contributed by atoms with E-state index >= 15 is 0 Å². The van der Waals surface area contributed by atoms with E-state index in [9.17, 15) is 26.8 Å². The average Bonchev–Trinajstić information content (AvgIpc) is 2.17. The maximum absolute atomic E-state index is 12.2. The minimum atomic E-state index is -5.76. The fraction of sp³-hybridized carbons (Fsp3) is 0.375. The van der Waals surface area contributed by atoms with Crippen LogP contribution in [0.15, 0.2) is 12.2 Å². The molecule has 1 N–H and O–H groups in total. The van der Waals surface area contributed by atoms with Crippen LogP contribution in [0.1, 0.15) is 6.92 Å². The number of hydrogen-bond acceptors (Lipinski definition) is 5. The van der Waals surface area contributed by atoms with Crippen molar-refractivity contribution in [1.29, 1.82) is 0 Å². The van der Waals surface area contributed by atoms with Crippen molar-refractivity contribution < 1.29 is 67.2 Å². The van der Waals surface area contributed by atoms with Gasteiger partial charge in [-0.15, -0.1) is 0 Å². The van der Waals surface area contributed by atoms with E-state index in [0.717, 1.165) is 0 Å². The van der Waals surface area contributed by atoms with Gasteiger partial charge in [0.1, 0.15) is 0 Å². The Hall–Kier alpha value is -0.298. The monoisotopic (exact) mass is 510 g/mol. The smallest absolute Gasteiger partial charge is 0.494 e. The van der Waals surface area contributed by atoms with E-state index in [1.165, 1.54) is 0 Å². The van der Waals surface area contributed by atoms with Gasteiger partial charge in [0.2, 0.25) is 0 Å². The van der Waals surface area contributed by atoms with Crippen molar-refractivity contribution in [2.75, 3.05) is 6.61 Å². The maximum Gasteiger partial charge on any atom is 2.00 e. The molecule has 0 amide bonds. The first-order chi connectivity index (χ1) is 7.50. The predicted molar refractivity (Wildman–Crippen MR) is 53.3 cm³/mol. The topological polar surface area (TPSA) is 97.7 Å². The molecule has 0 aromatic rings. The van der Waals surface area contributed by atoms with Crippen molar-refractivity contribution in [1.82, 2.24) is 0 Å². The van der Waals surface area contributed by atoms with Gasteiger partial charge in [0.25, 0.3) is 0 Å². The molecule has 102 valence electrons. The van der Waals surface area contributed by atoms with Gasteiger partial charge in [-0.3, -0.25) is 4.55 Å². The zero-order valence-electron chi connectivity index (χ0n) is 9.27. The van der Waals surface area contributed by atoms with Crippen LogP contribution in [-0.4, -0.2) is 37.1 Å². The summed E-state index contributed by atoms with van der Waals surface area (Å²) in [5.74, 6) is -2.35. The van der Waals surface area contributed by atoms with Gasteiger partial charge < -0.3 is 16.5 Å². The first-order valence-electron chi connectivity index (χ1n) is 3.85. The second kappa shape index (κ2) is 9.61. The van der Waals surface area contributed by atoms with Gasteiger partial charge in [-0.25, -0.2) is 11.4 Å². The Morgan fingerprint density at radius 1 is 1.56 bits per heavy atom. The second-order valence-electron chi connectivity index (χ2n) is 2.51. The molecule has 0 aliphatic rings. The van der Waals surface area contributed by atoms with Crippen molar-refractivity contribution in [3.8, 4) is 0 Å². The molecule has 0 rings (SSSR count). The average molecular weight is 510 g/mol. The molecule has 18 heavy (non-hydrogen) atoms. The largest absolute Gasteiger partial charge is 2.00 e. The SMILES string of the molecule is C=C(C)[C-]=O.[CH2-]COC(=O)C(F)(F)S(=O)(=O)O.[U+2]. The summed E-state index contributed by atoms with van der Waals surface area (Å²) in [4.78, 5) is 19.4. The van der Waals surface area contributed by atoms with E-state index in [4.69, 9.17) is 4.55 Å². The van der Waals surface area contributed by atoms with Crippen LogP contribution in [0.4, 0.5) is 8.78 Å². The van der Waals surface area contributed by atoms with E-state index in [1.54, 1.807) is 13.2 Å². The van der Waals surface area contributed by atoms with Gasteiger partial charge in [-0.2, -0.15) is 22.8 Å². The van der Waals surface area contributed by atoms with Gasteiger partial charge in [-0.05, 0) is 12.9 Å². The molecule has 0 saturated heterocycles. The molecule has 0 fully saturated rings. The molecule has 0 aromatic carbocycles. The molecule has 0 spiro atoms. The fourth-order valence-electron chi connectivity index (χ4n) is 0.282. The summed E-state index contributed by atoms with van der Waals surface area (Å²) in [6, 6.07) is 0. The van der Waals surface area contributed by atoms with Crippen LogP contribution >= 0.6 is 0 Å². The van der Waals surface area contributed by atoms with Crippen molar-refractivity contribution >= 4 is 22.4 Å². The Morgan fingerprint density at radius 2 is 1.89 bits per heavy atom. The van der Waals surface area contributed by atoms with E-state index in [2.05, 4.69) is 18.2 Å². The number of carbonyl (C=O) groups excluding carboxylic acids is 2. The van der Waals surface area contributed by atoms with Crippen molar-refractivity contribution in [2.24, 2.45) is 0 Å². The van der Waals surface area contributed by atoms with Crippen LogP contribution in [0.5, 0.6) is 0 Å². The molecule has 0 aromatic heterocycles. The van der Waals surface area contributed by atoms with Crippen LogP contribution < -0.4 is 0 Å². The molecular formula is C8H10F2O6SU. The number of alkyl halides is 2. The number of carbonyl (C=O) groups is 1. The number of ether oxygens (including phenoxy) is 1. The standard InChI is InChI=1S/C4H5F2O5S.C4H5O.U/c1-2-11-3(7)4(5,6)12(8,9)10;1-4(2)3-5;/h1-2H2,(H,8,9,10);1H2,2H3;/q2*-1;+2. The summed E-state index contributed by atoms with van der Waals surface area (Å²) in [7, 11) is -5.76. The van der Waals surface area contributed by atoms with Crippen molar-refractivity contribution in [3.05, 3.63) is 19.1 Å². The molecule has 0 aliphatic heterocycles. The van der Waals surface area contributed by atoms with E-state index < -0.39 is 27.9 Å². The zero-order chi connectivity index (χ0) is 14.3. The van der Waals surface area contributed by atoms with E-state index in [1.807, 2.05) is 0 Å². The van der Waals surface area contributed by atoms with E-state index in [-0.39, 0.29) is 31.1 Å². The third-order valence-corrected chi connectivity index (χ3v) is 1.78. The zero-order valence-corrected chi connectivity index (χ0v) is 14.3. The molecule has 0 atom stereocenters. The first-order valence-corrected chi connectivity index (χ1v) is 5.29. The first kappa shape index (κ1) is 22.8. The third kappa shape index (κ3) is 8.74. The molecule has 0 unspecified atom stereocenters. The van der Waals surface area contributed by atoms with Crippen molar-refractivity contribution in [3.63, 3.8) is 0 Å². The number of halogens is 2. The fourth-order valence-corrected chi connectivity index (χ4v) is 0.552. The number of hydrogen-bond donors (Lipinski definition) is 1. The van der Waals surface area contributed by atoms with Crippen LogP contribution in [-0.2, 0) is 24.4 Å². The maximum atomic E-state index is 12.2. The Labute approximate surface area is 127 Å². The Kier molecular flexibility index (Phi) is 12.2. The number of esters is 1. The van der Waals surface area contributed by atoms with Gasteiger partial charge >= 0.3 is 52.5 Å². The quantitative estimate of drug-likeness (QED) is 0.257. The van der Waals surface area contributed by atoms with E-state index in [0.29, 0.717) is 5.57 Å². The number of allylic oxidation sites excluding steroid dienone is 1. The molecule has 0 aliphatic carbocycles. The summed E-state index contributed by atoms with van der Waals surface area (Å²) < 4.78 is 55.5. The Morgan fingerprint density at radius 3 is 2.06 bits per heavy atom. The summed E-state index contributed by atoms with van der Waals surface area (Å²) >= 11 is 0. The Bertz CT molecular complexity index is 392. The van der Waals surface area contributed by atoms with Gasteiger partial charge in [0.15, 0.2) is 0 Å². The summed E-state index contributed by atoms with van der Waals surface area (Å²) in [5.41, 5.74) is 0.449. The second-order valence-corrected chi connectivity index (χ2v) is 3.97. The minimum Gasteiger partial charge on any atom is -0.494 e. The number of rotatable bonds is 4. The molecule has 0 saturated carbocycles. The summed E-state index contributed by atoms with van der Waals surface area (Å²) in [6.07, 6.45) is 1.58. The molecule has 0 heterocycles. The molecule has 10 heteroatoms. The Balaban J connectivity index is -0.000000321. The normalized spacial score (nSPS) is 10.3. The molecule has 0 bridgehead atoms. The molecular weight excluding hydrogens is 500 g/mol. The van der Waals surface area contributed by atoms with Crippen LogP contribution in [0.25, 0.3) is 0 Å². The van der Waals surface area contributed by atoms with Crippen LogP contribution in [0, 0.1) is 38.0 Å². The third-order valence-electron chi connectivity index (χ3n) is 0.969. The molecule has 0 radical (unpaired) electrons. The molecule has 6 nitrogen and oxygen atoms in total.